The van der Waals surface area contributed by atoms with Crippen LogP contribution in [-0.4, -0.2) is 11.1 Å². The van der Waals surface area contributed by atoms with E-state index < -0.39 is 5.97 Å². The van der Waals surface area contributed by atoms with Crippen molar-refractivity contribution in [3.63, 3.8) is 0 Å². The van der Waals surface area contributed by atoms with Gasteiger partial charge in [-0.2, -0.15) is 0 Å². The first-order valence-electron chi connectivity index (χ1n) is 6.58. The first-order chi connectivity index (χ1) is 10.1. The van der Waals surface area contributed by atoms with Crippen molar-refractivity contribution in [2.24, 2.45) is 0 Å². The second kappa shape index (κ2) is 5.34. The van der Waals surface area contributed by atoms with Gasteiger partial charge in [-0.1, -0.05) is 23.7 Å². The molecule has 0 unspecified atom stereocenters. The van der Waals surface area contributed by atoms with E-state index in [4.69, 9.17) is 16.7 Å². The molecule has 3 rings (SSSR count). The van der Waals surface area contributed by atoms with Gasteiger partial charge in [0.15, 0.2) is 0 Å². The highest BCUT2D eigenvalue weighted by atomic mass is 35.5. The van der Waals surface area contributed by atoms with Gasteiger partial charge in [-0.3, -0.25) is 0 Å². The number of benzene rings is 2. The summed E-state index contributed by atoms with van der Waals surface area (Å²) in [6.45, 7) is 0. The van der Waals surface area contributed by atoms with Crippen molar-refractivity contribution in [2.75, 3.05) is 0 Å². The lowest BCUT2D eigenvalue weighted by Crippen LogP contribution is -2.05. The smallest absolute Gasteiger partial charge is 0.335 e. The van der Waals surface area contributed by atoms with Gasteiger partial charge in [0.05, 0.1) is 5.56 Å². The highest BCUT2D eigenvalue weighted by Gasteiger charge is 2.19. The Balaban J connectivity index is 2.18. The van der Waals surface area contributed by atoms with Crippen LogP contribution in [0.3, 0.4) is 0 Å². The first-order valence-corrected chi connectivity index (χ1v) is 6.96. The first kappa shape index (κ1) is 13.8. The molecule has 0 fully saturated rings. The molecule has 0 amide bonds. The van der Waals surface area contributed by atoms with Crippen LogP contribution in [0.2, 0.25) is 5.02 Å². The summed E-state index contributed by atoms with van der Waals surface area (Å²) in [5, 5.41) is 9.58. The molecule has 2 nitrogen and oxygen atoms in total. The monoisotopic (exact) mass is 302 g/mol. The number of halogens is 2. The Morgan fingerprint density at radius 1 is 1.14 bits per heavy atom. The molecule has 0 aliphatic heterocycles. The molecular weight excluding hydrogens is 291 g/mol. The van der Waals surface area contributed by atoms with Crippen LogP contribution in [0.5, 0.6) is 0 Å². The summed E-state index contributed by atoms with van der Waals surface area (Å²) in [4.78, 5) is 11.1. The standard InChI is InChI=1S/C17H12ClFO2/c18-12-6-7-16(19)15(9-12)13-3-1-2-10-4-5-11(17(20)21)8-14(10)13/h3-9H,1-2H2,(H,20,21). The molecule has 0 heterocycles. The van der Waals surface area contributed by atoms with E-state index in [0.717, 1.165) is 24.0 Å². The minimum atomic E-state index is -0.991. The van der Waals surface area contributed by atoms with Crippen LogP contribution in [0, 0.1) is 5.82 Å². The maximum Gasteiger partial charge on any atom is 0.335 e. The number of hydrogen-bond acceptors (Lipinski definition) is 1. The highest BCUT2D eigenvalue weighted by Crippen LogP contribution is 2.34. The van der Waals surface area contributed by atoms with Crippen LogP contribution in [-0.2, 0) is 6.42 Å². The second-order valence-corrected chi connectivity index (χ2v) is 5.39. The number of fused-ring (bicyclic) bond motifs is 1. The van der Waals surface area contributed by atoms with Crippen molar-refractivity contribution < 1.29 is 14.3 Å². The Morgan fingerprint density at radius 3 is 2.71 bits per heavy atom. The van der Waals surface area contributed by atoms with E-state index in [0.29, 0.717) is 16.2 Å². The van der Waals surface area contributed by atoms with Crippen molar-refractivity contribution in [2.45, 2.75) is 12.8 Å². The molecule has 106 valence electrons. The maximum absolute atomic E-state index is 14.1. The lowest BCUT2D eigenvalue weighted by atomic mass is 9.86. The zero-order valence-corrected chi connectivity index (χ0v) is 11.8. The summed E-state index contributed by atoms with van der Waals surface area (Å²) in [7, 11) is 0. The molecule has 0 radical (unpaired) electrons. The Morgan fingerprint density at radius 2 is 1.95 bits per heavy atom. The van der Waals surface area contributed by atoms with Crippen LogP contribution in [0.25, 0.3) is 5.57 Å². The molecule has 1 N–H and O–H groups in total. The fraction of sp³-hybridized carbons (Fsp3) is 0.118. The molecule has 0 spiro atoms. The number of aromatic carboxylic acids is 1. The Labute approximate surface area is 126 Å². The van der Waals surface area contributed by atoms with Crippen LogP contribution >= 0.6 is 11.6 Å². The zero-order valence-electron chi connectivity index (χ0n) is 11.1. The molecule has 2 aromatic rings. The van der Waals surface area contributed by atoms with E-state index in [-0.39, 0.29) is 11.4 Å². The number of hydrogen-bond donors (Lipinski definition) is 1. The van der Waals surface area contributed by atoms with Gasteiger partial charge in [0, 0.05) is 10.6 Å². The van der Waals surface area contributed by atoms with Crippen molar-refractivity contribution in [1.82, 2.24) is 0 Å². The number of aryl methyl sites for hydroxylation is 1. The van der Waals surface area contributed by atoms with Gasteiger partial charge in [0.1, 0.15) is 5.82 Å². The van der Waals surface area contributed by atoms with E-state index >= 15 is 0 Å². The van der Waals surface area contributed by atoms with Crippen molar-refractivity contribution in [3.8, 4) is 0 Å². The van der Waals surface area contributed by atoms with Gasteiger partial charge in [0.25, 0.3) is 0 Å². The third-order valence-electron chi connectivity index (χ3n) is 3.63. The summed E-state index contributed by atoms with van der Waals surface area (Å²) in [5.74, 6) is -1.35. The minimum Gasteiger partial charge on any atom is -0.478 e. The van der Waals surface area contributed by atoms with Crippen LogP contribution in [0.15, 0.2) is 42.5 Å². The van der Waals surface area contributed by atoms with Gasteiger partial charge < -0.3 is 5.11 Å². The number of carboxylic acids is 1. The third kappa shape index (κ3) is 2.57. The fourth-order valence-corrected chi connectivity index (χ4v) is 2.79. The molecule has 0 bridgehead atoms. The number of allylic oxidation sites excluding steroid dienone is 1. The summed E-state index contributed by atoms with van der Waals surface area (Å²) in [5.41, 5.74) is 3.11. The third-order valence-corrected chi connectivity index (χ3v) is 3.86. The van der Waals surface area contributed by atoms with Gasteiger partial charge in [-0.15, -0.1) is 0 Å². The van der Waals surface area contributed by atoms with Crippen LogP contribution in [0.4, 0.5) is 4.39 Å². The van der Waals surface area contributed by atoms with E-state index in [9.17, 15) is 9.18 Å². The zero-order chi connectivity index (χ0) is 15.0. The molecule has 0 aromatic heterocycles. The summed E-state index contributed by atoms with van der Waals surface area (Å²) < 4.78 is 14.1. The molecule has 0 saturated heterocycles. The SMILES string of the molecule is O=C(O)c1ccc2c(c1)C(c1cc(Cl)ccc1F)=CCC2. The molecule has 1 aliphatic carbocycles. The van der Waals surface area contributed by atoms with Crippen molar-refractivity contribution in [3.05, 3.63) is 75.6 Å². The Kier molecular flexibility index (Phi) is 3.52. The van der Waals surface area contributed by atoms with Gasteiger partial charge in [0.2, 0.25) is 0 Å². The Hall–Kier alpha value is -2.13. The lowest BCUT2D eigenvalue weighted by molar-refractivity contribution is 0.0697. The minimum absolute atomic E-state index is 0.198. The van der Waals surface area contributed by atoms with Crippen molar-refractivity contribution >= 4 is 23.1 Å². The lowest BCUT2D eigenvalue weighted by Gasteiger charge is -2.19. The Bertz CT molecular complexity index is 765. The van der Waals surface area contributed by atoms with Gasteiger partial charge >= 0.3 is 5.97 Å². The second-order valence-electron chi connectivity index (χ2n) is 4.96. The van der Waals surface area contributed by atoms with Crippen LogP contribution < -0.4 is 0 Å². The molecular formula is C17H12ClFO2. The summed E-state index contributed by atoms with van der Waals surface area (Å²) >= 11 is 5.96. The number of rotatable bonds is 2. The maximum atomic E-state index is 14.1. The van der Waals surface area contributed by atoms with Gasteiger partial charge in [-0.05, 0) is 59.9 Å². The van der Waals surface area contributed by atoms with E-state index in [1.54, 1.807) is 24.3 Å². The normalized spacial score (nSPS) is 13.5. The quantitative estimate of drug-likeness (QED) is 0.883. The van der Waals surface area contributed by atoms with E-state index in [2.05, 4.69) is 0 Å². The average molecular weight is 303 g/mol. The molecule has 0 atom stereocenters. The largest absolute Gasteiger partial charge is 0.478 e. The summed E-state index contributed by atoms with van der Waals surface area (Å²) in [6, 6.07) is 9.38. The molecule has 2 aromatic carbocycles. The average Bonchev–Trinajstić information content (AvgIpc) is 2.48. The van der Waals surface area contributed by atoms with E-state index in [1.807, 2.05) is 6.08 Å². The molecule has 0 saturated carbocycles. The van der Waals surface area contributed by atoms with Crippen LogP contribution in [0.1, 0.15) is 33.5 Å². The highest BCUT2D eigenvalue weighted by molar-refractivity contribution is 6.30. The number of carbonyl (C=O) groups is 1. The predicted molar refractivity (Wildman–Crippen MR) is 80.2 cm³/mol. The predicted octanol–water partition coefficient (Wildman–Crippen LogP) is 4.56. The molecule has 4 heteroatoms. The summed E-state index contributed by atoms with van der Waals surface area (Å²) in [6.07, 6.45) is 3.55. The molecule has 1 aliphatic rings. The fourth-order valence-electron chi connectivity index (χ4n) is 2.62. The topological polar surface area (TPSA) is 37.3 Å². The van der Waals surface area contributed by atoms with Crippen molar-refractivity contribution in [1.29, 1.82) is 0 Å². The molecule has 21 heavy (non-hydrogen) atoms. The van der Waals surface area contributed by atoms with Gasteiger partial charge in [-0.25, -0.2) is 9.18 Å². The van der Waals surface area contributed by atoms with E-state index in [1.165, 1.54) is 12.1 Å². The number of carboxylic acid groups (broad SMARTS) is 1.